The first-order valence-electron chi connectivity index (χ1n) is 18.6. The quantitative estimate of drug-likeness (QED) is 0.0555. The summed E-state index contributed by atoms with van der Waals surface area (Å²) in [5.74, 6) is 1.41. The zero-order valence-electron chi connectivity index (χ0n) is 30.6. The van der Waals surface area contributed by atoms with Crippen molar-refractivity contribution < 1.29 is 18.8 Å². The normalized spacial score (nSPS) is 18.1. The number of ketones is 1. The summed E-state index contributed by atoms with van der Waals surface area (Å²) in [5.41, 5.74) is 2.37. The van der Waals surface area contributed by atoms with Gasteiger partial charge in [-0.3, -0.25) is 14.4 Å². The van der Waals surface area contributed by atoms with Crippen LogP contribution in [0.15, 0.2) is 84.3 Å². The zero-order valence-corrected chi connectivity index (χ0v) is 31.4. The van der Waals surface area contributed by atoms with Gasteiger partial charge in [-0.1, -0.05) is 113 Å². The Kier molecular flexibility index (Phi) is 14.3. The van der Waals surface area contributed by atoms with Gasteiger partial charge < -0.3 is 10.6 Å². The third-order valence-corrected chi connectivity index (χ3v) is 11.2. The maximum absolute atomic E-state index is 14.5. The van der Waals surface area contributed by atoms with E-state index >= 15 is 0 Å². The second kappa shape index (κ2) is 18.2. The van der Waals surface area contributed by atoms with Crippen molar-refractivity contribution in [3.8, 4) is 11.1 Å². The fourth-order valence-corrected chi connectivity index (χ4v) is 7.99. The van der Waals surface area contributed by atoms with Crippen molar-refractivity contribution in [1.29, 1.82) is 0 Å². The van der Waals surface area contributed by atoms with E-state index < -0.39 is 17.1 Å². The van der Waals surface area contributed by atoms with E-state index in [9.17, 15) is 18.8 Å². The van der Waals surface area contributed by atoms with E-state index in [1.165, 1.54) is 13.8 Å². The number of hydrogen-bond donors (Lipinski definition) is 2. The lowest BCUT2D eigenvalue weighted by molar-refractivity contribution is -0.126. The Bertz CT molecular complexity index is 1510. The fourth-order valence-electron chi connectivity index (χ4n) is 7.23. The Morgan fingerprint density at radius 2 is 1.60 bits per heavy atom. The van der Waals surface area contributed by atoms with Crippen molar-refractivity contribution in [2.24, 2.45) is 11.8 Å². The summed E-state index contributed by atoms with van der Waals surface area (Å²) in [4.78, 5) is 40.8. The van der Waals surface area contributed by atoms with Gasteiger partial charge >= 0.3 is 0 Å². The molecule has 2 aliphatic rings. The number of hydrogen-bond acceptors (Lipinski definition) is 4. The molecule has 0 aromatic heterocycles. The van der Waals surface area contributed by atoms with Crippen molar-refractivity contribution in [1.82, 2.24) is 10.6 Å². The molecule has 2 aromatic rings. The lowest BCUT2D eigenvalue weighted by atomic mass is 9.73. The molecule has 0 spiro atoms. The van der Waals surface area contributed by atoms with Gasteiger partial charge in [0.2, 0.25) is 5.91 Å². The SMILES string of the molecule is C=CCC1CC1/C=C(\C(=C)SCCC)C(=O)NC(CCCCCCCCC1(C(=O)NCC(C)(C)F)c2ccccc2-c2ccccc21)C(C)=O. The summed E-state index contributed by atoms with van der Waals surface area (Å²) >= 11 is 1.60. The van der Waals surface area contributed by atoms with Gasteiger partial charge in [0.15, 0.2) is 5.78 Å². The first-order chi connectivity index (χ1) is 23.9. The minimum absolute atomic E-state index is 0.0303. The molecular weight excluding hydrogens is 644 g/mol. The van der Waals surface area contributed by atoms with Gasteiger partial charge in [0.1, 0.15) is 11.1 Å². The molecule has 0 bridgehead atoms. The summed E-state index contributed by atoms with van der Waals surface area (Å²) in [6, 6.07) is 15.7. The van der Waals surface area contributed by atoms with Gasteiger partial charge in [0.05, 0.1) is 12.6 Å². The van der Waals surface area contributed by atoms with E-state index in [1.54, 1.807) is 18.7 Å². The van der Waals surface area contributed by atoms with Gasteiger partial charge in [-0.2, -0.15) is 0 Å². The highest BCUT2D eigenvalue weighted by atomic mass is 32.2. The lowest BCUT2D eigenvalue weighted by Gasteiger charge is -2.32. The van der Waals surface area contributed by atoms with Crippen LogP contribution in [0.4, 0.5) is 4.39 Å². The smallest absolute Gasteiger partial charge is 0.252 e. The Morgan fingerprint density at radius 3 is 2.18 bits per heavy atom. The van der Waals surface area contributed by atoms with E-state index in [0.717, 1.165) is 90.7 Å². The molecule has 0 radical (unpaired) electrons. The van der Waals surface area contributed by atoms with Crippen molar-refractivity contribution >= 4 is 29.4 Å². The van der Waals surface area contributed by atoms with Crippen LogP contribution in [-0.2, 0) is 19.8 Å². The molecule has 2 aliphatic carbocycles. The van der Waals surface area contributed by atoms with Gasteiger partial charge in [-0.25, -0.2) is 4.39 Å². The fraction of sp³-hybridized carbons (Fsp3) is 0.512. The zero-order chi connectivity index (χ0) is 36.3. The average Bonchev–Trinajstić information content (AvgIpc) is 3.77. The van der Waals surface area contributed by atoms with Crippen LogP contribution in [-0.4, -0.2) is 41.6 Å². The standard InChI is InChI=1S/C43H57FN2O3S/c1-7-19-32-27-33(32)28-36(31(4)50-26-8-2)40(48)46-39(30(3)47)24-13-11-9-10-12-18-25-43(41(49)45-29-42(5,6)44)37-22-16-14-20-34(37)35-21-15-17-23-38(35)43/h7,14-17,20-23,28,32-33,39H,1,4,8-13,18-19,24-27,29H2,2-3,5-6H3,(H,45,49)(H,46,48)/b36-28+. The number of amides is 2. The predicted octanol–water partition coefficient (Wildman–Crippen LogP) is 9.81. The number of Topliss-reactive ketones (excluding diaryl/α,β-unsaturated/α-hetero) is 1. The topological polar surface area (TPSA) is 75.3 Å². The Labute approximate surface area is 304 Å². The first kappa shape index (κ1) is 39.3. The number of unbranched alkanes of at least 4 members (excludes halogenated alkanes) is 5. The van der Waals surface area contributed by atoms with E-state index in [0.29, 0.717) is 30.3 Å². The third-order valence-electron chi connectivity index (χ3n) is 10.1. The number of thioether (sulfide) groups is 1. The van der Waals surface area contributed by atoms with Gasteiger partial charge in [-0.05, 0) is 92.7 Å². The number of alkyl halides is 1. The predicted molar refractivity (Wildman–Crippen MR) is 207 cm³/mol. The van der Waals surface area contributed by atoms with E-state index in [4.69, 9.17) is 0 Å². The largest absolute Gasteiger partial charge is 0.352 e. The summed E-state index contributed by atoms with van der Waals surface area (Å²) in [5, 5.41) is 5.98. The maximum Gasteiger partial charge on any atom is 0.252 e. The molecule has 1 fully saturated rings. The number of benzene rings is 2. The van der Waals surface area contributed by atoms with Crippen LogP contribution >= 0.6 is 11.8 Å². The summed E-state index contributed by atoms with van der Waals surface area (Å²) in [7, 11) is 0. The number of carbonyl (C=O) groups is 3. The van der Waals surface area contributed by atoms with Gasteiger partial charge in [0.25, 0.3) is 5.91 Å². The number of fused-ring (bicyclic) bond motifs is 3. The highest BCUT2D eigenvalue weighted by molar-refractivity contribution is 8.03. The third kappa shape index (κ3) is 10.1. The Hall–Kier alpha value is -3.45. The van der Waals surface area contributed by atoms with Crippen molar-refractivity contribution in [3.05, 3.63) is 95.4 Å². The Morgan fingerprint density at radius 1 is 1.00 bits per heavy atom. The molecule has 2 amide bonds. The van der Waals surface area contributed by atoms with E-state index in [1.807, 2.05) is 42.5 Å². The molecule has 270 valence electrons. The summed E-state index contributed by atoms with van der Waals surface area (Å²) < 4.78 is 14.5. The molecule has 0 aliphatic heterocycles. The molecule has 50 heavy (non-hydrogen) atoms. The molecule has 0 saturated heterocycles. The second-order valence-electron chi connectivity index (χ2n) is 14.7. The van der Waals surface area contributed by atoms with Crippen LogP contribution < -0.4 is 10.6 Å². The van der Waals surface area contributed by atoms with Crippen LogP contribution in [0.2, 0.25) is 0 Å². The van der Waals surface area contributed by atoms with Crippen molar-refractivity contribution in [3.63, 3.8) is 0 Å². The summed E-state index contributed by atoms with van der Waals surface area (Å²) in [6.45, 7) is 14.6. The number of carbonyl (C=O) groups excluding carboxylic acids is 3. The number of rotatable bonds is 22. The Balaban J connectivity index is 1.30. The van der Waals surface area contributed by atoms with Gasteiger partial charge in [-0.15, -0.1) is 18.3 Å². The highest BCUT2D eigenvalue weighted by Gasteiger charge is 2.48. The molecule has 3 unspecified atom stereocenters. The molecule has 3 atom stereocenters. The van der Waals surface area contributed by atoms with Crippen LogP contribution in [0, 0.1) is 11.8 Å². The van der Waals surface area contributed by atoms with Crippen LogP contribution in [0.25, 0.3) is 11.1 Å². The van der Waals surface area contributed by atoms with Gasteiger partial charge in [0, 0.05) is 10.5 Å². The number of nitrogens with one attached hydrogen (secondary N) is 2. The minimum Gasteiger partial charge on any atom is -0.352 e. The van der Waals surface area contributed by atoms with Crippen LogP contribution in [0.1, 0.15) is 109 Å². The number of halogens is 1. The molecule has 5 nitrogen and oxygen atoms in total. The van der Waals surface area contributed by atoms with E-state index in [2.05, 4.69) is 48.9 Å². The van der Waals surface area contributed by atoms with Crippen molar-refractivity contribution in [2.45, 2.75) is 115 Å². The number of allylic oxidation sites excluding steroid dienone is 2. The monoisotopic (exact) mass is 700 g/mol. The molecule has 2 aromatic carbocycles. The molecule has 1 saturated carbocycles. The van der Waals surface area contributed by atoms with Crippen molar-refractivity contribution in [2.75, 3.05) is 12.3 Å². The highest BCUT2D eigenvalue weighted by Crippen LogP contribution is 2.51. The van der Waals surface area contributed by atoms with Crippen LogP contribution in [0.5, 0.6) is 0 Å². The van der Waals surface area contributed by atoms with Crippen LogP contribution in [0.3, 0.4) is 0 Å². The second-order valence-corrected chi connectivity index (χ2v) is 15.9. The van der Waals surface area contributed by atoms with E-state index in [-0.39, 0.29) is 24.1 Å². The summed E-state index contributed by atoms with van der Waals surface area (Å²) in [6.07, 6.45) is 13.8. The lowest BCUT2D eigenvalue weighted by Crippen LogP contribution is -2.47. The molecule has 7 heteroatoms. The molecule has 2 N–H and O–H groups in total. The first-order valence-corrected chi connectivity index (χ1v) is 19.5. The molecule has 4 rings (SSSR count). The molecule has 0 heterocycles. The minimum atomic E-state index is -1.51. The molecular formula is C43H57FN2O3S. The average molecular weight is 701 g/mol. The maximum atomic E-state index is 14.5.